The van der Waals surface area contributed by atoms with Crippen molar-refractivity contribution < 1.29 is 4.39 Å². The Morgan fingerprint density at radius 2 is 2.22 bits per heavy atom. The van der Waals surface area contributed by atoms with E-state index in [0.29, 0.717) is 0 Å². The Morgan fingerprint density at radius 1 is 1.44 bits per heavy atom. The molecule has 1 aromatic heterocycles. The highest BCUT2D eigenvalue weighted by Gasteiger charge is 2.09. The summed E-state index contributed by atoms with van der Waals surface area (Å²) in [5.41, 5.74) is 2.77. The largest absolute Gasteiger partial charge is 0.318 e. The first-order valence-electron chi connectivity index (χ1n) is 5.76. The summed E-state index contributed by atoms with van der Waals surface area (Å²) in [4.78, 5) is 0. The number of nitrogens with one attached hydrogen (secondary N) is 1. The number of hydrogen-bond acceptors (Lipinski definition) is 2. The van der Waals surface area contributed by atoms with Gasteiger partial charge in [0.1, 0.15) is 5.82 Å². The van der Waals surface area contributed by atoms with Gasteiger partial charge in [0.15, 0.2) is 0 Å². The maximum absolute atomic E-state index is 13.1. The average molecular weight is 268 g/mol. The molecule has 1 aromatic carbocycles. The zero-order valence-corrected chi connectivity index (χ0v) is 11.1. The molecule has 1 N–H and O–H groups in total. The Bertz CT molecular complexity index is 551. The van der Waals surface area contributed by atoms with E-state index in [0.717, 1.165) is 29.9 Å². The van der Waals surface area contributed by atoms with Crippen molar-refractivity contribution in [3.8, 4) is 11.1 Å². The summed E-state index contributed by atoms with van der Waals surface area (Å²) in [6.45, 7) is 3.58. The molecule has 0 atom stereocenters. The molecule has 0 spiro atoms. The monoisotopic (exact) mass is 267 g/mol. The van der Waals surface area contributed by atoms with Crippen LogP contribution in [0.1, 0.15) is 5.69 Å². The lowest BCUT2D eigenvalue weighted by molar-refractivity contribution is 0.581. The topological polar surface area (TPSA) is 29.9 Å². The molecule has 0 fully saturated rings. The van der Waals surface area contributed by atoms with Crippen LogP contribution in [0.25, 0.3) is 11.1 Å². The van der Waals surface area contributed by atoms with Gasteiger partial charge in [-0.25, -0.2) is 4.39 Å². The number of rotatable bonds is 4. The summed E-state index contributed by atoms with van der Waals surface area (Å²) >= 11 is 5.79. The van der Waals surface area contributed by atoms with Crippen molar-refractivity contribution >= 4 is 11.6 Å². The molecule has 0 amide bonds. The summed E-state index contributed by atoms with van der Waals surface area (Å²) in [5.74, 6) is -0.402. The van der Waals surface area contributed by atoms with Gasteiger partial charge in [-0.1, -0.05) is 17.7 Å². The minimum absolute atomic E-state index is 0.134. The molecular formula is C13H15ClFN3. The maximum atomic E-state index is 13.1. The van der Waals surface area contributed by atoms with Crippen molar-refractivity contribution in [3.63, 3.8) is 0 Å². The Balaban J connectivity index is 2.32. The van der Waals surface area contributed by atoms with Gasteiger partial charge in [0, 0.05) is 18.3 Å². The molecule has 1 heterocycles. The lowest BCUT2D eigenvalue weighted by Gasteiger charge is -2.01. The van der Waals surface area contributed by atoms with Gasteiger partial charge < -0.3 is 5.32 Å². The second-order valence-electron chi connectivity index (χ2n) is 4.12. The van der Waals surface area contributed by atoms with Crippen LogP contribution >= 0.6 is 11.6 Å². The molecule has 18 heavy (non-hydrogen) atoms. The minimum Gasteiger partial charge on any atom is -0.318 e. The molecule has 2 rings (SSSR count). The fourth-order valence-corrected chi connectivity index (χ4v) is 1.99. The molecule has 96 valence electrons. The van der Waals surface area contributed by atoms with Crippen molar-refractivity contribution in [1.29, 1.82) is 0 Å². The number of likely N-dealkylation sites (N-methyl/N-ethyl adjacent to an activating group) is 1. The molecule has 0 aliphatic rings. The second kappa shape index (κ2) is 5.50. The van der Waals surface area contributed by atoms with Gasteiger partial charge in [0.2, 0.25) is 0 Å². The highest BCUT2D eigenvalue weighted by molar-refractivity contribution is 6.31. The zero-order chi connectivity index (χ0) is 13.1. The Hall–Kier alpha value is -1.39. The smallest absolute Gasteiger partial charge is 0.141 e. The molecule has 5 heteroatoms. The van der Waals surface area contributed by atoms with Crippen molar-refractivity contribution in [1.82, 2.24) is 15.1 Å². The molecule has 3 nitrogen and oxygen atoms in total. The predicted molar refractivity (Wildman–Crippen MR) is 71.3 cm³/mol. The molecule has 0 unspecified atom stereocenters. The summed E-state index contributed by atoms with van der Waals surface area (Å²) in [5, 5.41) is 7.62. The predicted octanol–water partition coefficient (Wildman–Crippen LogP) is 2.87. The van der Waals surface area contributed by atoms with Crippen LogP contribution in [0.2, 0.25) is 5.02 Å². The maximum Gasteiger partial charge on any atom is 0.141 e. The standard InChI is InChI=1S/C13H15ClFN3/c1-9-11(8-18(17-9)6-5-16-2)10-3-4-13(15)12(14)7-10/h3-4,7-8,16H,5-6H2,1-2H3. The van der Waals surface area contributed by atoms with Crippen LogP contribution in [0.5, 0.6) is 0 Å². The van der Waals surface area contributed by atoms with Gasteiger partial charge in [0.25, 0.3) is 0 Å². The van der Waals surface area contributed by atoms with E-state index in [9.17, 15) is 4.39 Å². The fraction of sp³-hybridized carbons (Fsp3) is 0.308. The van der Waals surface area contributed by atoms with E-state index in [1.54, 1.807) is 12.1 Å². The van der Waals surface area contributed by atoms with E-state index in [-0.39, 0.29) is 5.02 Å². The number of aromatic nitrogens is 2. The minimum atomic E-state index is -0.402. The lowest BCUT2D eigenvalue weighted by atomic mass is 10.1. The molecule has 0 saturated heterocycles. The van der Waals surface area contributed by atoms with Crippen molar-refractivity contribution in [2.45, 2.75) is 13.5 Å². The van der Waals surface area contributed by atoms with Gasteiger partial charge in [-0.05, 0) is 31.7 Å². The molecule has 0 saturated carbocycles. The van der Waals surface area contributed by atoms with Gasteiger partial charge in [-0.3, -0.25) is 4.68 Å². The SMILES string of the molecule is CNCCn1cc(-c2ccc(F)c(Cl)c2)c(C)n1. The van der Waals surface area contributed by atoms with Crippen LogP contribution < -0.4 is 5.32 Å². The fourth-order valence-electron chi connectivity index (χ4n) is 1.81. The number of aryl methyl sites for hydroxylation is 1. The van der Waals surface area contributed by atoms with E-state index in [1.165, 1.54) is 6.07 Å². The van der Waals surface area contributed by atoms with Crippen LogP contribution in [0.3, 0.4) is 0 Å². The third kappa shape index (κ3) is 2.71. The summed E-state index contributed by atoms with van der Waals surface area (Å²) in [6.07, 6.45) is 1.95. The van der Waals surface area contributed by atoms with E-state index in [4.69, 9.17) is 11.6 Å². The summed E-state index contributed by atoms with van der Waals surface area (Å²) in [6, 6.07) is 4.72. The van der Waals surface area contributed by atoms with E-state index in [1.807, 2.05) is 24.9 Å². The van der Waals surface area contributed by atoms with E-state index < -0.39 is 5.82 Å². The average Bonchev–Trinajstić information content (AvgIpc) is 2.71. The highest BCUT2D eigenvalue weighted by atomic mass is 35.5. The quantitative estimate of drug-likeness (QED) is 0.923. The normalized spacial score (nSPS) is 10.9. The third-order valence-electron chi connectivity index (χ3n) is 2.77. The Kier molecular flexibility index (Phi) is 3.99. The van der Waals surface area contributed by atoms with Crippen molar-refractivity contribution in [2.75, 3.05) is 13.6 Å². The van der Waals surface area contributed by atoms with Crippen LogP contribution in [0, 0.1) is 12.7 Å². The zero-order valence-electron chi connectivity index (χ0n) is 10.4. The van der Waals surface area contributed by atoms with Crippen molar-refractivity contribution in [2.24, 2.45) is 0 Å². The first kappa shape index (κ1) is 13.1. The van der Waals surface area contributed by atoms with Crippen LogP contribution in [-0.2, 0) is 6.54 Å². The summed E-state index contributed by atoms with van der Waals surface area (Å²) in [7, 11) is 1.90. The van der Waals surface area contributed by atoms with Gasteiger partial charge >= 0.3 is 0 Å². The summed E-state index contributed by atoms with van der Waals surface area (Å²) < 4.78 is 15.0. The number of nitrogens with zero attached hydrogens (tertiary/aromatic N) is 2. The second-order valence-corrected chi connectivity index (χ2v) is 4.53. The lowest BCUT2D eigenvalue weighted by Crippen LogP contribution is -2.15. The number of benzene rings is 1. The molecular weight excluding hydrogens is 253 g/mol. The molecule has 0 aliphatic heterocycles. The molecule has 0 radical (unpaired) electrons. The van der Waals surface area contributed by atoms with Gasteiger partial charge in [-0.15, -0.1) is 0 Å². The first-order valence-corrected chi connectivity index (χ1v) is 6.13. The first-order chi connectivity index (χ1) is 8.61. The number of hydrogen-bond donors (Lipinski definition) is 1. The molecule has 2 aromatic rings. The van der Waals surface area contributed by atoms with Gasteiger partial charge in [0.05, 0.1) is 17.3 Å². The van der Waals surface area contributed by atoms with Gasteiger partial charge in [-0.2, -0.15) is 5.10 Å². The number of halogens is 2. The highest BCUT2D eigenvalue weighted by Crippen LogP contribution is 2.26. The van der Waals surface area contributed by atoms with Crippen molar-refractivity contribution in [3.05, 3.63) is 40.9 Å². The van der Waals surface area contributed by atoms with Crippen LogP contribution in [-0.4, -0.2) is 23.4 Å². The molecule has 0 bridgehead atoms. The van der Waals surface area contributed by atoms with Crippen LogP contribution in [0.15, 0.2) is 24.4 Å². The molecule has 0 aliphatic carbocycles. The van der Waals surface area contributed by atoms with Crippen LogP contribution in [0.4, 0.5) is 4.39 Å². The Labute approximate surface area is 111 Å². The van der Waals surface area contributed by atoms with E-state index in [2.05, 4.69) is 10.4 Å². The Morgan fingerprint density at radius 3 is 2.89 bits per heavy atom. The van der Waals surface area contributed by atoms with E-state index >= 15 is 0 Å². The third-order valence-corrected chi connectivity index (χ3v) is 3.06.